The number of carbonyl (C=O) groups excluding carboxylic acids is 1. The Balaban J connectivity index is 3.96. The smallest absolute Gasteiger partial charge is 0.221 e. The molecule has 0 aliphatic carbocycles. The van der Waals surface area contributed by atoms with E-state index in [2.05, 4.69) is 5.32 Å². The molecule has 0 saturated carbocycles. The predicted molar refractivity (Wildman–Crippen MR) is 58.5 cm³/mol. The van der Waals surface area contributed by atoms with Gasteiger partial charge in [0.2, 0.25) is 5.91 Å². The lowest BCUT2D eigenvalue weighted by molar-refractivity contribution is -0.123. The molecule has 1 atom stereocenters. The first-order valence-electron chi connectivity index (χ1n) is 4.31. The number of hydrogen-bond donors (Lipinski definition) is 2. The average Bonchev–Trinajstić information content (AvgIpc) is 1.81. The van der Waals surface area contributed by atoms with E-state index in [1.165, 1.54) is 0 Å². The van der Waals surface area contributed by atoms with Crippen LogP contribution in [0.15, 0.2) is 0 Å². The van der Waals surface area contributed by atoms with E-state index in [-0.39, 0.29) is 17.4 Å². The van der Waals surface area contributed by atoms with Crippen LogP contribution in [0.2, 0.25) is 0 Å². The molecule has 0 aliphatic rings. The molecule has 0 saturated heterocycles. The van der Waals surface area contributed by atoms with Gasteiger partial charge in [-0.1, -0.05) is 33.0 Å². The molecule has 0 radical (unpaired) electrons. The highest BCUT2D eigenvalue weighted by molar-refractivity contribution is 7.80. The summed E-state index contributed by atoms with van der Waals surface area (Å²) in [4.78, 5) is 11.7. The second kappa shape index (κ2) is 4.56. The van der Waals surface area contributed by atoms with Crippen molar-refractivity contribution in [3.63, 3.8) is 0 Å². The molecule has 1 amide bonds. The number of thiocarbonyl (C=S) groups is 1. The van der Waals surface area contributed by atoms with Crippen LogP contribution in [0.25, 0.3) is 0 Å². The number of rotatable bonds is 3. The van der Waals surface area contributed by atoms with Gasteiger partial charge in [-0.05, 0) is 12.3 Å². The van der Waals surface area contributed by atoms with Crippen LogP contribution in [0.4, 0.5) is 0 Å². The quantitative estimate of drug-likeness (QED) is 0.676. The van der Waals surface area contributed by atoms with Crippen molar-refractivity contribution in [2.45, 2.75) is 40.2 Å². The zero-order valence-corrected chi connectivity index (χ0v) is 9.49. The van der Waals surface area contributed by atoms with Crippen LogP contribution in [-0.2, 0) is 4.79 Å². The Hall–Kier alpha value is -0.640. The molecule has 0 aliphatic heterocycles. The lowest BCUT2D eigenvalue weighted by Crippen LogP contribution is -2.42. The third kappa shape index (κ3) is 6.51. The molecule has 1 unspecified atom stereocenters. The Morgan fingerprint density at radius 3 is 2.31 bits per heavy atom. The van der Waals surface area contributed by atoms with Gasteiger partial charge in [0, 0.05) is 6.42 Å². The Kier molecular flexibility index (Phi) is 4.33. The zero-order chi connectivity index (χ0) is 10.6. The molecule has 3 nitrogen and oxygen atoms in total. The molecule has 0 aromatic heterocycles. The zero-order valence-electron chi connectivity index (χ0n) is 8.68. The molecule has 4 heteroatoms. The second-order valence-corrected chi connectivity index (χ2v) is 4.90. The molecule has 3 N–H and O–H groups in total. The molecular formula is C9H18N2OS. The molecule has 0 spiro atoms. The van der Waals surface area contributed by atoms with Crippen LogP contribution in [0, 0.1) is 5.41 Å². The third-order valence-electron chi connectivity index (χ3n) is 1.50. The average molecular weight is 202 g/mol. The van der Waals surface area contributed by atoms with Crippen LogP contribution in [-0.4, -0.2) is 16.9 Å². The van der Waals surface area contributed by atoms with Gasteiger partial charge in [-0.3, -0.25) is 4.79 Å². The monoisotopic (exact) mass is 202 g/mol. The van der Waals surface area contributed by atoms with E-state index in [1.807, 2.05) is 20.8 Å². The molecule has 0 rings (SSSR count). The molecule has 0 aromatic carbocycles. The van der Waals surface area contributed by atoms with Crippen molar-refractivity contribution < 1.29 is 4.79 Å². The van der Waals surface area contributed by atoms with Crippen LogP contribution in [0.5, 0.6) is 0 Å². The standard InChI is InChI=1S/C9H18N2OS/c1-6(8(10)13)11-7(12)5-9(2,3)4/h6H,5H2,1-4H3,(H2,10,13)(H,11,12). The van der Waals surface area contributed by atoms with E-state index in [1.54, 1.807) is 6.92 Å². The topological polar surface area (TPSA) is 55.1 Å². The van der Waals surface area contributed by atoms with E-state index in [9.17, 15) is 4.79 Å². The number of hydrogen-bond acceptors (Lipinski definition) is 2. The maximum atomic E-state index is 11.3. The van der Waals surface area contributed by atoms with Crippen molar-refractivity contribution in [3.8, 4) is 0 Å². The van der Waals surface area contributed by atoms with Gasteiger partial charge < -0.3 is 11.1 Å². The highest BCUT2D eigenvalue weighted by Crippen LogP contribution is 2.17. The third-order valence-corrected chi connectivity index (χ3v) is 1.85. The van der Waals surface area contributed by atoms with Crippen LogP contribution < -0.4 is 11.1 Å². The van der Waals surface area contributed by atoms with E-state index in [0.717, 1.165) is 0 Å². The number of nitrogens with one attached hydrogen (secondary N) is 1. The van der Waals surface area contributed by atoms with Gasteiger partial charge >= 0.3 is 0 Å². The summed E-state index contributed by atoms with van der Waals surface area (Å²) < 4.78 is 0. The molecule has 76 valence electrons. The molecule has 0 bridgehead atoms. The summed E-state index contributed by atoms with van der Waals surface area (Å²) >= 11 is 4.74. The van der Waals surface area contributed by atoms with Crippen molar-refractivity contribution in [3.05, 3.63) is 0 Å². The fraction of sp³-hybridized carbons (Fsp3) is 0.778. The fourth-order valence-electron chi connectivity index (χ4n) is 0.845. The normalized spacial score (nSPS) is 13.5. The number of amides is 1. The van der Waals surface area contributed by atoms with E-state index in [0.29, 0.717) is 11.4 Å². The molecule has 0 aromatic rings. The minimum Gasteiger partial charge on any atom is -0.392 e. The second-order valence-electron chi connectivity index (χ2n) is 4.43. The minimum absolute atomic E-state index is 0.0000208. The number of nitrogens with two attached hydrogens (primary N) is 1. The maximum absolute atomic E-state index is 11.3. The summed E-state index contributed by atoms with van der Waals surface area (Å²) in [5, 5.41) is 2.73. The molecular weight excluding hydrogens is 184 g/mol. The summed E-state index contributed by atoms with van der Waals surface area (Å²) in [6.07, 6.45) is 0.486. The van der Waals surface area contributed by atoms with Crippen molar-refractivity contribution in [2.24, 2.45) is 11.1 Å². The highest BCUT2D eigenvalue weighted by Gasteiger charge is 2.17. The van der Waals surface area contributed by atoms with Crippen LogP contribution in [0.1, 0.15) is 34.1 Å². The molecule has 13 heavy (non-hydrogen) atoms. The fourth-order valence-corrected chi connectivity index (χ4v) is 0.904. The van der Waals surface area contributed by atoms with Gasteiger partial charge in [-0.2, -0.15) is 0 Å². The van der Waals surface area contributed by atoms with Crippen LogP contribution in [0.3, 0.4) is 0 Å². The maximum Gasteiger partial charge on any atom is 0.221 e. The van der Waals surface area contributed by atoms with Crippen molar-refractivity contribution in [1.82, 2.24) is 5.32 Å². The Morgan fingerprint density at radius 1 is 1.54 bits per heavy atom. The summed E-state index contributed by atoms with van der Waals surface area (Å²) in [7, 11) is 0. The predicted octanol–water partition coefficient (Wildman–Crippen LogP) is 1.21. The van der Waals surface area contributed by atoms with Gasteiger partial charge in [0.25, 0.3) is 0 Å². The first-order chi connectivity index (χ1) is 5.72. The Bertz CT molecular complexity index is 208. The minimum atomic E-state index is -0.218. The summed E-state index contributed by atoms with van der Waals surface area (Å²) in [5.74, 6) is -0.00667. The van der Waals surface area contributed by atoms with E-state index in [4.69, 9.17) is 18.0 Å². The first-order valence-corrected chi connectivity index (χ1v) is 4.72. The lowest BCUT2D eigenvalue weighted by atomic mass is 9.92. The summed E-state index contributed by atoms with van der Waals surface area (Å²) in [6, 6.07) is -0.218. The van der Waals surface area contributed by atoms with Gasteiger partial charge in [-0.15, -0.1) is 0 Å². The SMILES string of the molecule is CC(NC(=O)CC(C)(C)C)C(N)=S. The summed E-state index contributed by atoms with van der Waals surface area (Å²) in [6.45, 7) is 7.82. The highest BCUT2D eigenvalue weighted by atomic mass is 32.1. The van der Waals surface area contributed by atoms with Crippen molar-refractivity contribution >= 4 is 23.1 Å². The first kappa shape index (κ1) is 12.4. The van der Waals surface area contributed by atoms with Crippen LogP contribution >= 0.6 is 12.2 Å². The molecule has 0 heterocycles. The lowest BCUT2D eigenvalue weighted by Gasteiger charge is -2.19. The Labute approximate surface area is 85.1 Å². The largest absolute Gasteiger partial charge is 0.392 e. The van der Waals surface area contributed by atoms with Gasteiger partial charge in [0.05, 0.1) is 11.0 Å². The van der Waals surface area contributed by atoms with Crippen molar-refractivity contribution in [2.75, 3.05) is 0 Å². The van der Waals surface area contributed by atoms with Gasteiger partial charge in [-0.25, -0.2) is 0 Å². The Morgan fingerprint density at radius 2 is 2.00 bits per heavy atom. The van der Waals surface area contributed by atoms with E-state index >= 15 is 0 Å². The van der Waals surface area contributed by atoms with Crippen molar-refractivity contribution in [1.29, 1.82) is 0 Å². The summed E-state index contributed by atoms with van der Waals surface area (Å²) in [5.41, 5.74) is 5.36. The molecule has 0 fully saturated rings. The van der Waals surface area contributed by atoms with Gasteiger partial charge in [0.1, 0.15) is 0 Å². The number of carbonyl (C=O) groups is 1. The van der Waals surface area contributed by atoms with E-state index < -0.39 is 0 Å². The van der Waals surface area contributed by atoms with Gasteiger partial charge in [0.15, 0.2) is 0 Å².